The van der Waals surface area contributed by atoms with E-state index in [9.17, 15) is 31.5 Å². The lowest BCUT2D eigenvalue weighted by atomic mass is 10.2. The Morgan fingerprint density at radius 2 is 1.67 bits per heavy atom. The molecular weight excluding hydrogens is 417 g/mol. The number of alkyl halides is 5. The van der Waals surface area contributed by atoms with Crippen molar-refractivity contribution in [3.8, 4) is 11.5 Å². The highest BCUT2D eigenvalue weighted by molar-refractivity contribution is 5.98. The van der Waals surface area contributed by atoms with Crippen molar-refractivity contribution in [1.82, 2.24) is 0 Å². The predicted molar refractivity (Wildman–Crippen MR) is 94.6 cm³/mol. The van der Waals surface area contributed by atoms with Crippen molar-refractivity contribution in [2.24, 2.45) is 0 Å². The Morgan fingerprint density at radius 3 is 2.20 bits per heavy atom. The van der Waals surface area contributed by atoms with Crippen LogP contribution in [0.25, 0.3) is 0 Å². The molecule has 162 valence electrons. The van der Waals surface area contributed by atoms with Crippen LogP contribution in [0.1, 0.15) is 22.8 Å². The number of nitrogens with one attached hydrogen (secondary N) is 1. The van der Waals surface area contributed by atoms with Crippen LogP contribution >= 0.6 is 0 Å². The summed E-state index contributed by atoms with van der Waals surface area (Å²) < 4.78 is 77.2. The SMILES string of the molecule is COc1cccc(C(=O)OC(C)C(=O)Nc2ccc(C(F)(F)F)cc2)c1OC(F)F. The van der Waals surface area contributed by atoms with Gasteiger partial charge in [0.2, 0.25) is 0 Å². The molecule has 0 aromatic heterocycles. The lowest BCUT2D eigenvalue weighted by Crippen LogP contribution is -2.30. The number of ether oxygens (including phenoxy) is 3. The van der Waals surface area contributed by atoms with Crippen molar-refractivity contribution < 1.29 is 45.8 Å². The summed E-state index contributed by atoms with van der Waals surface area (Å²) in [5.74, 6) is -2.69. The number of para-hydroxylation sites is 1. The number of carbonyl (C=O) groups excluding carboxylic acids is 2. The van der Waals surface area contributed by atoms with Crippen LogP contribution in [0.4, 0.5) is 27.6 Å². The van der Waals surface area contributed by atoms with Gasteiger partial charge in [0.1, 0.15) is 5.56 Å². The molecule has 30 heavy (non-hydrogen) atoms. The number of anilines is 1. The Labute approximate surface area is 167 Å². The van der Waals surface area contributed by atoms with Gasteiger partial charge in [-0.1, -0.05) is 6.07 Å². The maximum atomic E-state index is 12.7. The van der Waals surface area contributed by atoms with Crippen molar-refractivity contribution in [2.45, 2.75) is 25.8 Å². The van der Waals surface area contributed by atoms with Gasteiger partial charge in [-0.2, -0.15) is 22.0 Å². The van der Waals surface area contributed by atoms with Gasteiger partial charge in [0.25, 0.3) is 5.91 Å². The summed E-state index contributed by atoms with van der Waals surface area (Å²) in [6, 6.07) is 7.38. The van der Waals surface area contributed by atoms with E-state index in [2.05, 4.69) is 10.1 Å². The zero-order valence-corrected chi connectivity index (χ0v) is 15.6. The van der Waals surface area contributed by atoms with Gasteiger partial charge in [-0.3, -0.25) is 4.79 Å². The minimum absolute atomic E-state index is 0.0407. The third kappa shape index (κ3) is 5.82. The van der Waals surface area contributed by atoms with Crippen molar-refractivity contribution in [1.29, 1.82) is 0 Å². The predicted octanol–water partition coefficient (Wildman–Crippen LogP) is 4.50. The monoisotopic (exact) mass is 433 g/mol. The first-order valence-electron chi connectivity index (χ1n) is 8.34. The highest BCUT2D eigenvalue weighted by Crippen LogP contribution is 2.33. The number of methoxy groups -OCH3 is 1. The molecule has 2 aromatic rings. The summed E-state index contributed by atoms with van der Waals surface area (Å²) in [5, 5.41) is 2.29. The number of esters is 1. The van der Waals surface area contributed by atoms with E-state index in [4.69, 9.17) is 9.47 Å². The first-order chi connectivity index (χ1) is 14.0. The van der Waals surface area contributed by atoms with Crippen LogP contribution < -0.4 is 14.8 Å². The van der Waals surface area contributed by atoms with E-state index in [0.29, 0.717) is 0 Å². The van der Waals surface area contributed by atoms with Crippen LogP contribution in [0.5, 0.6) is 11.5 Å². The van der Waals surface area contributed by atoms with Gasteiger partial charge < -0.3 is 19.5 Å². The lowest BCUT2D eigenvalue weighted by Gasteiger charge is -2.17. The van der Waals surface area contributed by atoms with Crippen LogP contribution in [-0.4, -0.2) is 31.7 Å². The number of carbonyl (C=O) groups is 2. The molecule has 0 spiro atoms. The molecule has 1 amide bonds. The molecule has 0 aliphatic carbocycles. The fourth-order valence-corrected chi connectivity index (χ4v) is 2.31. The lowest BCUT2D eigenvalue weighted by molar-refractivity contribution is -0.137. The number of halogens is 5. The van der Waals surface area contributed by atoms with Crippen molar-refractivity contribution in [3.63, 3.8) is 0 Å². The molecule has 0 radical (unpaired) electrons. The third-order valence-corrected chi connectivity index (χ3v) is 3.76. The van der Waals surface area contributed by atoms with Crippen molar-refractivity contribution in [2.75, 3.05) is 12.4 Å². The standard InChI is InChI=1S/C19H16F5NO5/c1-10(16(26)25-12-8-6-11(7-9-12)19(22,23)24)29-17(27)13-4-3-5-14(28-2)15(13)30-18(20)21/h3-10,18H,1-2H3,(H,25,26). The Morgan fingerprint density at radius 1 is 1.03 bits per heavy atom. The average molecular weight is 433 g/mol. The molecule has 6 nitrogen and oxygen atoms in total. The fraction of sp³-hybridized carbons (Fsp3) is 0.263. The van der Waals surface area contributed by atoms with E-state index in [1.807, 2.05) is 0 Å². The topological polar surface area (TPSA) is 73.9 Å². The molecule has 0 saturated carbocycles. The summed E-state index contributed by atoms with van der Waals surface area (Å²) in [6.07, 6.45) is -5.93. The van der Waals surface area contributed by atoms with Gasteiger partial charge in [-0.05, 0) is 43.3 Å². The van der Waals surface area contributed by atoms with Gasteiger partial charge >= 0.3 is 18.8 Å². The molecular formula is C19H16F5NO5. The third-order valence-electron chi connectivity index (χ3n) is 3.76. The second-order valence-electron chi connectivity index (χ2n) is 5.83. The van der Waals surface area contributed by atoms with Gasteiger partial charge in [-0.15, -0.1) is 0 Å². The normalized spacial score (nSPS) is 12.3. The molecule has 0 saturated heterocycles. The van der Waals surface area contributed by atoms with Crippen LogP contribution in [0, 0.1) is 0 Å². The second-order valence-corrected chi connectivity index (χ2v) is 5.83. The zero-order valence-electron chi connectivity index (χ0n) is 15.6. The molecule has 1 unspecified atom stereocenters. The van der Waals surface area contributed by atoms with Gasteiger partial charge in [0, 0.05) is 5.69 Å². The van der Waals surface area contributed by atoms with E-state index in [-0.39, 0.29) is 11.4 Å². The Hall–Kier alpha value is -3.37. The number of hydrogen-bond donors (Lipinski definition) is 1. The maximum Gasteiger partial charge on any atom is 0.416 e. The van der Waals surface area contributed by atoms with Crippen molar-refractivity contribution in [3.05, 3.63) is 53.6 Å². The molecule has 0 aliphatic heterocycles. The summed E-state index contributed by atoms with van der Waals surface area (Å²) in [6.45, 7) is -2.04. The summed E-state index contributed by atoms with van der Waals surface area (Å²) in [5.41, 5.74) is -1.26. The first-order valence-corrected chi connectivity index (χ1v) is 8.34. The molecule has 0 fully saturated rings. The minimum Gasteiger partial charge on any atom is -0.493 e. The molecule has 2 rings (SSSR count). The van der Waals surface area contributed by atoms with E-state index in [0.717, 1.165) is 30.3 Å². The summed E-state index contributed by atoms with van der Waals surface area (Å²) in [4.78, 5) is 24.5. The fourth-order valence-electron chi connectivity index (χ4n) is 2.31. The van der Waals surface area contributed by atoms with E-state index in [1.165, 1.54) is 26.2 Å². The summed E-state index contributed by atoms with van der Waals surface area (Å²) in [7, 11) is 1.18. The Bertz CT molecular complexity index is 899. The molecule has 0 aliphatic rings. The van der Waals surface area contributed by atoms with Gasteiger partial charge in [0.05, 0.1) is 12.7 Å². The molecule has 0 heterocycles. The van der Waals surface area contributed by atoms with E-state index in [1.54, 1.807) is 0 Å². The minimum atomic E-state index is -4.53. The molecule has 11 heteroatoms. The average Bonchev–Trinajstić information content (AvgIpc) is 2.67. The molecule has 1 atom stereocenters. The molecule has 0 bridgehead atoms. The van der Waals surface area contributed by atoms with Crippen LogP contribution in [0.15, 0.2) is 42.5 Å². The van der Waals surface area contributed by atoms with Gasteiger partial charge in [0.15, 0.2) is 17.6 Å². The first kappa shape index (κ1) is 22.9. The van der Waals surface area contributed by atoms with E-state index >= 15 is 0 Å². The van der Waals surface area contributed by atoms with Gasteiger partial charge in [-0.25, -0.2) is 4.79 Å². The van der Waals surface area contributed by atoms with Crippen LogP contribution in [0.2, 0.25) is 0 Å². The smallest absolute Gasteiger partial charge is 0.416 e. The van der Waals surface area contributed by atoms with Crippen LogP contribution in [0.3, 0.4) is 0 Å². The Balaban J connectivity index is 2.09. The number of hydrogen-bond acceptors (Lipinski definition) is 5. The highest BCUT2D eigenvalue weighted by Gasteiger charge is 2.30. The highest BCUT2D eigenvalue weighted by atomic mass is 19.4. The summed E-state index contributed by atoms with van der Waals surface area (Å²) >= 11 is 0. The number of benzene rings is 2. The maximum absolute atomic E-state index is 12.7. The largest absolute Gasteiger partial charge is 0.493 e. The zero-order chi connectivity index (χ0) is 22.5. The van der Waals surface area contributed by atoms with Crippen LogP contribution in [-0.2, 0) is 15.7 Å². The molecule has 1 N–H and O–H groups in total. The second kappa shape index (κ2) is 9.42. The van der Waals surface area contributed by atoms with Crippen molar-refractivity contribution >= 4 is 17.6 Å². The van der Waals surface area contributed by atoms with E-state index < -0.39 is 47.6 Å². The Kier molecular flexibility index (Phi) is 7.19. The molecule has 2 aromatic carbocycles. The number of amides is 1. The quantitative estimate of drug-likeness (QED) is 0.514. The number of rotatable bonds is 7.